The van der Waals surface area contributed by atoms with E-state index in [0.717, 1.165) is 35.5 Å². The smallest absolute Gasteiger partial charge is 0.290 e. The fourth-order valence-electron chi connectivity index (χ4n) is 5.49. The molecule has 0 saturated heterocycles. The number of furan rings is 1. The average Bonchev–Trinajstić information content (AvgIpc) is 3.50. The molecule has 0 radical (unpaired) electrons. The van der Waals surface area contributed by atoms with Gasteiger partial charge in [-0.05, 0) is 68.7 Å². The summed E-state index contributed by atoms with van der Waals surface area (Å²) in [4.78, 5) is 31.4. The molecule has 0 saturated carbocycles. The molecule has 3 aromatic carbocycles. The summed E-state index contributed by atoms with van der Waals surface area (Å²) in [6, 6.07) is 17.8. The number of aryl methyl sites for hydroxylation is 2. The highest BCUT2D eigenvalue weighted by Crippen LogP contribution is 2.42. The topological polar surface area (TPSA) is 83.2 Å². The number of aliphatic hydroxyl groups is 1. The SMILES string of the molecule is CCN(CC)c1ccc(C2C(C(=O)c3cc4cc(Cl)cc(OC)c4o3)=C(O)C(=O)N2Cc2cc(C)ccc2C)cc1. The molecular weight excluding hydrogens is 540 g/mol. The van der Waals surface area contributed by atoms with E-state index in [1.807, 2.05) is 56.3 Å². The van der Waals surface area contributed by atoms with Gasteiger partial charge in [0.2, 0.25) is 5.78 Å². The Morgan fingerprint density at radius 3 is 2.41 bits per heavy atom. The summed E-state index contributed by atoms with van der Waals surface area (Å²) in [5.41, 5.74) is 5.08. The van der Waals surface area contributed by atoms with Gasteiger partial charge in [0.15, 0.2) is 22.9 Å². The predicted octanol–water partition coefficient (Wildman–Crippen LogP) is 7.34. The van der Waals surface area contributed by atoms with Gasteiger partial charge in [0.05, 0.1) is 18.7 Å². The number of methoxy groups -OCH3 is 1. The van der Waals surface area contributed by atoms with Gasteiger partial charge in [-0.1, -0.05) is 47.5 Å². The number of ether oxygens (including phenoxy) is 1. The van der Waals surface area contributed by atoms with E-state index < -0.39 is 23.5 Å². The van der Waals surface area contributed by atoms with Crippen LogP contribution in [0.15, 0.2) is 76.4 Å². The van der Waals surface area contributed by atoms with E-state index in [2.05, 4.69) is 18.7 Å². The first-order valence-electron chi connectivity index (χ1n) is 13.6. The molecule has 0 fully saturated rings. The largest absolute Gasteiger partial charge is 0.503 e. The molecule has 1 aliphatic heterocycles. The fourth-order valence-corrected chi connectivity index (χ4v) is 5.70. The Bertz CT molecular complexity index is 1670. The van der Waals surface area contributed by atoms with E-state index in [0.29, 0.717) is 27.3 Å². The number of hydrogen-bond donors (Lipinski definition) is 1. The maximum atomic E-state index is 14.1. The van der Waals surface area contributed by atoms with Crippen molar-refractivity contribution in [3.05, 3.63) is 105 Å². The van der Waals surface area contributed by atoms with Gasteiger partial charge in [-0.25, -0.2) is 0 Å². The first kappa shape index (κ1) is 28.3. The second-order valence-corrected chi connectivity index (χ2v) is 10.7. The van der Waals surface area contributed by atoms with Crippen LogP contribution in [0.5, 0.6) is 5.75 Å². The van der Waals surface area contributed by atoms with Gasteiger partial charge >= 0.3 is 0 Å². The Kier molecular flexibility index (Phi) is 7.82. The molecular formula is C33H33ClN2O5. The zero-order chi connectivity index (χ0) is 29.4. The van der Waals surface area contributed by atoms with Gasteiger partial charge in [0.1, 0.15) is 0 Å². The number of rotatable bonds is 9. The maximum absolute atomic E-state index is 14.1. The highest BCUT2D eigenvalue weighted by molar-refractivity contribution is 6.31. The summed E-state index contributed by atoms with van der Waals surface area (Å²) >= 11 is 6.23. The summed E-state index contributed by atoms with van der Waals surface area (Å²) in [5, 5.41) is 12.2. The molecule has 41 heavy (non-hydrogen) atoms. The van der Waals surface area contributed by atoms with Gasteiger partial charge < -0.3 is 24.1 Å². The molecule has 5 rings (SSSR count). The lowest BCUT2D eigenvalue weighted by Gasteiger charge is -2.28. The monoisotopic (exact) mass is 572 g/mol. The fraction of sp³-hybridized carbons (Fsp3) is 0.273. The number of ketones is 1. The molecule has 4 aromatic rings. The van der Waals surface area contributed by atoms with E-state index in [-0.39, 0.29) is 17.9 Å². The lowest BCUT2D eigenvalue weighted by atomic mass is 9.94. The zero-order valence-corrected chi connectivity index (χ0v) is 24.6. The Morgan fingerprint density at radius 2 is 1.76 bits per heavy atom. The molecule has 212 valence electrons. The molecule has 1 unspecified atom stereocenters. The third-order valence-corrected chi connectivity index (χ3v) is 7.94. The number of hydrogen-bond acceptors (Lipinski definition) is 6. The number of halogens is 1. The number of benzene rings is 3. The van der Waals surface area contributed by atoms with Crippen LogP contribution in [0.1, 0.15) is 52.7 Å². The molecule has 0 bridgehead atoms. The zero-order valence-electron chi connectivity index (χ0n) is 23.8. The summed E-state index contributed by atoms with van der Waals surface area (Å²) in [6.07, 6.45) is 0. The Balaban J connectivity index is 1.61. The van der Waals surface area contributed by atoms with E-state index in [1.165, 1.54) is 7.11 Å². The Morgan fingerprint density at radius 1 is 1.05 bits per heavy atom. The van der Waals surface area contributed by atoms with Crippen LogP contribution < -0.4 is 9.64 Å². The van der Waals surface area contributed by atoms with Gasteiger partial charge in [0.25, 0.3) is 5.91 Å². The lowest BCUT2D eigenvalue weighted by molar-refractivity contribution is -0.130. The lowest BCUT2D eigenvalue weighted by Crippen LogP contribution is -2.31. The van der Waals surface area contributed by atoms with Crippen molar-refractivity contribution < 1.29 is 23.8 Å². The van der Waals surface area contributed by atoms with Crippen molar-refractivity contribution in [1.82, 2.24) is 4.90 Å². The van der Waals surface area contributed by atoms with Crippen molar-refractivity contribution in [2.75, 3.05) is 25.1 Å². The van der Waals surface area contributed by atoms with Crippen LogP contribution in [0.2, 0.25) is 5.02 Å². The molecule has 8 heteroatoms. The number of Topliss-reactive ketones (excluding diaryl/α,β-unsaturated/α-hetero) is 1. The van der Waals surface area contributed by atoms with Crippen LogP contribution >= 0.6 is 11.6 Å². The van der Waals surface area contributed by atoms with Crippen LogP contribution in [-0.2, 0) is 11.3 Å². The predicted molar refractivity (Wildman–Crippen MR) is 161 cm³/mol. The van der Waals surface area contributed by atoms with Crippen LogP contribution in [0.4, 0.5) is 5.69 Å². The average molecular weight is 573 g/mol. The van der Waals surface area contributed by atoms with Crippen molar-refractivity contribution in [2.24, 2.45) is 0 Å². The summed E-state index contributed by atoms with van der Waals surface area (Å²) in [7, 11) is 1.49. The quantitative estimate of drug-likeness (QED) is 0.211. The minimum absolute atomic E-state index is 0.0201. The minimum Gasteiger partial charge on any atom is -0.503 e. The van der Waals surface area contributed by atoms with Crippen molar-refractivity contribution in [1.29, 1.82) is 0 Å². The molecule has 1 amide bonds. The van der Waals surface area contributed by atoms with Crippen molar-refractivity contribution in [2.45, 2.75) is 40.3 Å². The highest BCUT2D eigenvalue weighted by atomic mass is 35.5. The van der Waals surface area contributed by atoms with Crippen molar-refractivity contribution >= 4 is 39.9 Å². The molecule has 7 nitrogen and oxygen atoms in total. The van der Waals surface area contributed by atoms with Crippen LogP contribution in [0, 0.1) is 13.8 Å². The number of carbonyl (C=O) groups excluding carboxylic acids is 2. The van der Waals surface area contributed by atoms with Crippen molar-refractivity contribution in [3.8, 4) is 5.75 Å². The molecule has 1 atom stereocenters. The van der Waals surface area contributed by atoms with Gasteiger partial charge in [0, 0.05) is 41.8 Å². The van der Waals surface area contributed by atoms with Crippen LogP contribution in [0.25, 0.3) is 11.0 Å². The van der Waals surface area contributed by atoms with E-state index in [9.17, 15) is 14.7 Å². The summed E-state index contributed by atoms with van der Waals surface area (Å²) < 4.78 is 11.3. The normalized spacial score (nSPS) is 15.2. The molecule has 0 spiro atoms. The standard InChI is InChI=1S/C33H33ClN2O5/c1-6-35(7-2)25-12-10-21(11-13-25)29-28(30(37)26-16-22-15-24(34)17-27(40-5)32(22)41-26)31(38)33(39)36(29)18-23-14-19(3)8-9-20(23)4/h8-17,29,38H,6-7,18H2,1-5H3. The second kappa shape index (κ2) is 11.3. The number of carbonyl (C=O) groups is 2. The molecule has 1 N–H and O–H groups in total. The Labute approximate surface area is 244 Å². The third kappa shape index (κ3) is 5.18. The Hall–Kier alpha value is -4.23. The van der Waals surface area contributed by atoms with Gasteiger partial charge in [-0.3, -0.25) is 9.59 Å². The minimum atomic E-state index is -0.820. The number of aliphatic hydroxyl groups excluding tert-OH is 1. The van der Waals surface area contributed by atoms with Crippen LogP contribution in [0.3, 0.4) is 0 Å². The van der Waals surface area contributed by atoms with Gasteiger partial charge in [-0.2, -0.15) is 0 Å². The first-order chi connectivity index (χ1) is 19.7. The van der Waals surface area contributed by atoms with E-state index in [4.69, 9.17) is 20.8 Å². The maximum Gasteiger partial charge on any atom is 0.290 e. The summed E-state index contributed by atoms with van der Waals surface area (Å²) in [5.74, 6) is -1.40. The van der Waals surface area contributed by atoms with E-state index >= 15 is 0 Å². The first-order valence-corrected chi connectivity index (χ1v) is 14.0. The number of nitrogens with zero attached hydrogens (tertiary/aromatic N) is 2. The number of fused-ring (bicyclic) bond motifs is 1. The molecule has 1 aromatic heterocycles. The number of amides is 1. The third-order valence-electron chi connectivity index (χ3n) is 7.72. The molecule has 2 heterocycles. The molecule has 0 aliphatic carbocycles. The second-order valence-electron chi connectivity index (χ2n) is 10.3. The van der Waals surface area contributed by atoms with Crippen LogP contribution in [-0.4, -0.2) is 41.9 Å². The van der Waals surface area contributed by atoms with Crippen molar-refractivity contribution in [3.63, 3.8) is 0 Å². The van der Waals surface area contributed by atoms with E-state index in [1.54, 1.807) is 23.1 Å². The highest BCUT2D eigenvalue weighted by Gasteiger charge is 2.44. The molecule has 1 aliphatic rings. The summed E-state index contributed by atoms with van der Waals surface area (Å²) in [6.45, 7) is 10.1. The number of anilines is 1. The van der Waals surface area contributed by atoms with Gasteiger partial charge in [-0.15, -0.1) is 0 Å².